The molecule has 33 heavy (non-hydrogen) atoms. The predicted octanol–water partition coefficient (Wildman–Crippen LogP) is 8.18. The zero-order valence-electron chi connectivity index (χ0n) is 17.8. The fourth-order valence-corrected chi connectivity index (χ4v) is 4.89. The molecule has 0 saturated carbocycles. The summed E-state index contributed by atoms with van der Waals surface area (Å²) in [6.45, 7) is 0. The summed E-state index contributed by atoms with van der Waals surface area (Å²) in [6, 6.07) is 38.8. The van der Waals surface area contributed by atoms with Gasteiger partial charge in [-0.2, -0.15) is 0 Å². The highest BCUT2D eigenvalue weighted by Crippen LogP contribution is 2.37. The third-order valence-corrected chi connectivity index (χ3v) is 6.41. The van der Waals surface area contributed by atoms with Gasteiger partial charge < -0.3 is 5.11 Å². The van der Waals surface area contributed by atoms with Gasteiger partial charge in [-0.05, 0) is 60.6 Å². The van der Waals surface area contributed by atoms with Crippen LogP contribution in [0.4, 0.5) is 0 Å². The molecule has 0 amide bonds. The molecule has 156 valence electrons. The molecule has 0 aliphatic heterocycles. The fraction of sp³-hybridized carbons (Fsp3) is 0. The minimum Gasteiger partial charge on any atom is -0.478 e. The van der Waals surface area contributed by atoms with Crippen LogP contribution in [0.3, 0.4) is 0 Å². The van der Waals surface area contributed by atoms with Crippen LogP contribution in [0, 0.1) is 0 Å². The lowest BCUT2D eigenvalue weighted by molar-refractivity contribution is 0.0700. The van der Waals surface area contributed by atoms with Gasteiger partial charge in [0, 0.05) is 0 Å². The maximum absolute atomic E-state index is 12.5. The van der Waals surface area contributed by atoms with E-state index in [9.17, 15) is 9.90 Å². The topological polar surface area (TPSA) is 37.3 Å². The van der Waals surface area contributed by atoms with E-state index in [1.54, 1.807) is 0 Å². The quantitative estimate of drug-likeness (QED) is 0.311. The molecule has 2 nitrogen and oxygen atoms in total. The van der Waals surface area contributed by atoms with Crippen molar-refractivity contribution in [1.82, 2.24) is 0 Å². The summed E-state index contributed by atoms with van der Waals surface area (Å²) in [5.41, 5.74) is 4.24. The maximum atomic E-state index is 12.5. The summed E-state index contributed by atoms with van der Waals surface area (Å²) < 4.78 is 0. The minimum absolute atomic E-state index is 0.341. The van der Waals surface area contributed by atoms with E-state index in [4.69, 9.17) is 0 Å². The van der Waals surface area contributed by atoms with Crippen molar-refractivity contribution in [3.8, 4) is 22.3 Å². The van der Waals surface area contributed by atoms with E-state index in [0.29, 0.717) is 5.56 Å². The van der Waals surface area contributed by atoms with Gasteiger partial charge in [0.25, 0.3) is 0 Å². The molecule has 6 aromatic carbocycles. The van der Waals surface area contributed by atoms with Gasteiger partial charge in [0.2, 0.25) is 0 Å². The largest absolute Gasteiger partial charge is 0.478 e. The molecule has 6 aromatic rings. The summed E-state index contributed by atoms with van der Waals surface area (Å²) in [7, 11) is 0. The van der Waals surface area contributed by atoms with Crippen molar-refractivity contribution < 1.29 is 9.90 Å². The minimum atomic E-state index is -0.915. The highest BCUT2D eigenvalue weighted by Gasteiger charge is 2.18. The van der Waals surface area contributed by atoms with Crippen LogP contribution in [0.5, 0.6) is 0 Å². The van der Waals surface area contributed by atoms with Gasteiger partial charge in [-0.25, -0.2) is 4.79 Å². The smallest absolute Gasteiger partial charge is 0.336 e. The molecule has 0 heterocycles. The summed E-state index contributed by atoms with van der Waals surface area (Å²) in [4.78, 5) is 12.5. The van der Waals surface area contributed by atoms with Crippen LogP contribution in [0.15, 0.2) is 115 Å². The average molecular weight is 424 g/mol. The second-order valence-electron chi connectivity index (χ2n) is 8.28. The van der Waals surface area contributed by atoms with Crippen LogP contribution in [-0.4, -0.2) is 11.1 Å². The summed E-state index contributed by atoms with van der Waals surface area (Å²) in [5.74, 6) is -0.915. The number of benzene rings is 6. The van der Waals surface area contributed by atoms with Crippen molar-refractivity contribution in [3.63, 3.8) is 0 Å². The van der Waals surface area contributed by atoms with Crippen molar-refractivity contribution in [2.75, 3.05) is 0 Å². The van der Waals surface area contributed by atoms with Crippen molar-refractivity contribution in [3.05, 3.63) is 121 Å². The molecule has 0 aromatic heterocycles. The molecule has 0 atom stereocenters. The Hall–Kier alpha value is -4.43. The average Bonchev–Trinajstić information content (AvgIpc) is 2.87. The molecule has 0 saturated heterocycles. The molecular formula is C31H20O2. The van der Waals surface area contributed by atoms with Crippen LogP contribution in [-0.2, 0) is 0 Å². The number of carboxylic acids is 1. The van der Waals surface area contributed by atoms with Gasteiger partial charge in [0.15, 0.2) is 0 Å². The first-order valence-electron chi connectivity index (χ1n) is 11.0. The summed E-state index contributed by atoms with van der Waals surface area (Å²) in [5, 5.41) is 16.4. The summed E-state index contributed by atoms with van der Waals surface area (Å²) in [6.07, 6.45) is 0. The lowest BCUT2D eigenvalue weighted by Crippen LogP contribution is -2.01. The molecule has 1 N–H and O–H groups in total. The Morgan fingerprint density at radius 1 is 0.485 bits per heavy atom. The number of aromatic carboxylic acids is 1. The van der Waals surface area contributed by atoms with E-state index in [1.807, 2.05) is 66.7 Å². The van der Waals surface area contributed by atoms with Crippen LogP contribution >= 0.6 is 0 Å². The number of rotatable bonds is 3. The third kappa shape index (κ3) is 3.16. The zero-order valence-corrected chi connectivity index (χ0v) is 17.8. The molecule has 0 spiro atoms. The molecule has 0 aliphatic rings. The Bertz CT molecular complexity index is 1680. The maximum Gasteiger partial charge on any atom is 0.336 e. The molecule has 2 heteroatoms. The molecule has 0 bridgehead atoms. The number of hydrogen-bond acceptors (Lipinski definition) is 1. The Labute approximate surface area is 191 Å². The Morgan fingerprint density at radius 2 is 1.09 bits per heavy atom. The fourth-order valence-electron chi connectivity index (χ4n) is 4.89. The van der Waals surface area contributed by atoms with E-state index in [0.717, 1.165) is 43.8 Å². The molecule has 0 fully saturated rings. The standard InChI is InChI=1S/C31H20O2/c32-31(33)30-27-17-15-22(26-13-5-9-20-7-1-3-11-24(20)26)19-23(27)16-18-29(30)28-14-6-10-21-8-2-4-12-25(21)28/h1-19H,(H,32,33). The lowest BCUT2D eigenvalue weighted by atomic mass is 9.89. The van der Waals surface area contributed by atoms with E-state index in [-0.39, 0.29) is 0 Å². The van der Waals surface area contributed by atoms with Gasteiger partial charge in [-0.15, -0.1) is 0 Å². The summed E-state index contributed by atoms with van der Waals surface area (Å²) >= 11 is 0. The number of fused-ring (bicyclic) bond motifs is 3. The van der Waals surface area contributed by atoms with Gasteiger partial charge in [-0.3, -0.25) is 0 Å². The van der Waals surface area contributed by atoms with Crippen molar-refractivity contribution in [1.29, 1.82) is 0 Å². The van der Waals surface area contributed by atoms with Gasteiger partial charge >= 0.3 is 5.97 Å². The van der Waals surface area contributed by atoms with Crippen LogP contribution in [0.1, 0.15) is 10.4 Å². The number of hydrogen-bond donors (Lipinski definition) is 1. The predicted molar refractivity (Wildman–Crippen MR) is 137 cm³/mol. The van der Waals surface area contributed by atoms with Gasteiger partial charge in [0.1, 0.15) is 0 Å². The van der Waals surface area contributed by atoms with Crippen molar-refractivity contribution in [2.45, 2.75) is 0 Å². The van der Waals surface area contributed by atoms with Crippen LogP contribution in [0.2, 0.25) is 0 Å². The highest BCUT2D eigenvalue weighted by molar-refractivity contribution is 6.13. The molecule has 0 aliphatic carbocycles. The second-order valence-corrected chi connectivity index (χ2v) is 8.28. The van der Waals surface area contributed by atoms with Crippen LogP contribution in [0.25, 0.3) is 54.6 Å². The lowest BCUT2D eigenvalue weighted by Gasteiger charge is -2.14. The first kappa shape index (κ1) is 19.3. The van der Waals surface area contributed by atoms with E-state index >= 15 is 0 Å². The van der Waals surface area contributed by atoms with Crippen molar-refractivity contribution in [2.24, 2.45) is 0 Å². The van der Waals surface area contributed by atoms with Crippen molar-refractivity contribution >= 4 is 38.3 Å². The number of carbonyl (C=O) groups is 1. The third-order valence-electron chi connectivity index (χ3n) is 6.41. The normalized spacial score (nSPS) is 11.3. The Kier molecular flexibility index (Phi) is 4.44. The molecular weight excluding hydrogens is 404 g/mol. The molecule has 0 unspecified atom stereocenters. The van der Waals surface area contributed by atoms with E-state index in [1.165, 1.54) is 10.8 Å². The molecule has 6 rings (SSSR count). The van der Waals surface area contributed by atoms with Gasteiger partial charge in [0.05, 0.1) is 5.56 Å². The van der Waals surface area contributed by atoms with E-state index < -0.39 is 5.97 Å². The first-order valence-corrected chi connectivity index (χ1v) is 11.0. The van der Waals surface area contributed by atoms with Crippen LogP contribution < -0.4 is 0 Å². The Morgan fingerprint density at radius 3 is 1.79 bits per heavy atom. The molecule has 0 radical (unpaired) electrons. The highest BCUT2D eigenvalue weighted by atomic mass is 16.4. The SMILES string of the molecule is O=C(O)c1c(-c2cccc3ccccc23)ccc2cc(-c3cccc4ccccc34)ccc12. The number of carboxylic acid groups (broad SMARTS) is 1. The Balaban J connectivity index is 1.59. The van der Waals surface area contributed by atoms with E-state index in [2.05, 4.69) is 48.5 Å². The van der Waals surface area contributed by atoms with Gasteiger partial charge in [-0.1, -0.05) is 109 Å². The zero-order chi connectivity index (χ0) is 22.4. The first-order chi connectivity index (χ1) is 16.2. The second kappa shape index (κ2) is 7.61. The monoisotopic (exact) mass is 424 g/mol.